The molecule has 0 saturated carbocycles. The van der Waals surface area contributed by atoms with Crippen LogP contribution in [0.5, 0.6) is 0 Å². The fraction of sp³-hybridized carbons (Fsp3) is 0.400. The van der Waals surface area contributed by atoms with E-state index in [0.717, 1.165) is 0 Å². The Morgan fingerprint density at radius 2 is 2.21 bits per heavy atom. The van der Waals surface area contributed by atoms with Crippen molar-refractivity contribution in [1.29, 1.82) is 0 Å². The molecule has 0 aromatic heterocycles. The Balaban J connectivity index is 2.63. The van der Waals surface area contributed by atoms with Gasteiger partial charge in [0.2, 0.25) is 0 Å². The molecule has 0 aliphatic carbocycles. The SMILES string of the molecule is Cc1c(F)cccc1NCC(O)CF. The van der Waals surface area contributed by atoms with Gasteiger partial charge in [0.25, 0.3) is 0 Å². The van der Waals surface area contributed by atoms with Crippen molar-refractivity contribution in [1.82, 2.24) is 0 Å². The third kappa shape index (κ3) is 2.67. The van der Waals surface area contributed by atoms with E-state index in [4.69, 9.17) is 5.11 Å². The summed E-state index contributed by atoms with van der Waals surface area (Å²) in [7, 11) is 0. The molecule has 0 radical (unpaired) electrons. The summed E-state index contributed by atoms with van der Waals surface area (Å²) in [6, 6.07) is 4.60. The van der Waals surface area contributed by atoms with Crippen LogP contribution in [0.15, 0.2) is 18.2 Å². The Morgan fingerprint density at radius 3 is 2.86 bits per heavy atom. The molecule has 2 nitrogen and oxygen atoms in total. The van der Waals surface area contributed by atoms with E-state index in [1.807, 2.05) is 0 Å². The van der Waals surface area contributed by atoms with Crippen LogP contribution in [0.25, 0.3) is 0 Å². The molecule has 1 unspecified atom stereocenters. The minimum atomic E-state index is -1.04. The highest BCUT2D eigenvalue weighted by atomic mass is 19.1. The van der Waals surface area contributed by atoms with E-state index in [2.05, 4.69) is 5.32 Å². The first-order valence-corrected chi connectivity index (χ1v) is 4.38. The fourth-order valence-electron chi connectivity index (χ4n) is 1.08. The molecule has 0 amide bonds. The number of hydrogen-bond acceptors (Lipinski definition) is 2. The van der Waals surface area contributed by atoms with E-state index >= 15 is 0 Å². The van der Waals surface area contributed by atoms with E-state index in [1.54, 1.807) is 19.1 Å². The van der Waals surface area contributed by atoms with E-state index in [1.165, 1.54) is 6.07 Å². The predicted molar refractivity (Wildman–Crippen MR) is 51.6 cm³/mol. The van der Waals surface area contributed by atoms with Crippen LogP contribution >= 0.6 is 0 Å². The highest BCUT2D eigenvalue weighted by Crippen LogP contribution is 2.17. The van der Waals surface area contributed by atoms with Crippen molar-refractivity contribution >= 4 is 5.69 Å². The normalized spacial score (nSPS) is 12.6. The van der Waals surface area contributed by atoms with Crippen LogP contribution in [-0.2, 0) is 0 Å². The minimum absolute atomic E-state index is 0.0841. The lowest BCUT2D eigenvalue weighted by molar-refractivity contribution is 0.151. The van der Waals surface area contributed by atoms with Crippen molar-refractivity contribution in [2.24, 2.45) is 0 Å². The topological polar surface area (TPSA) is 32.3 Å². The summed E-state index contributed by atoms with van der Waals surface area (Å²) in [5, 5.41) is 11.7. The van der Waals surface area contributed by atoms with Gasteiger partial charge in [0.05, 0.1) is 6.10 Å². The van der Waals surface area contributed by atoms with Crippen LogP contribution in [0.2, 0.25) is 0 Å². The van der Waals surface area contributed by atoms with Crippen LogP contribution < -0.4 is 5.32 Å². The molecular formula is C10H13F2NO. The molecule has 2 N–H and O–H groups in total. The molecule has 78 valence electrons. The molecule has 1 atom stereocenters. The van der Waals surface area contributed by atoms with E-state index in [9.17, 15) is 8.78 Å². The molecule has 0 aliphatic rings. The molecule has 1 aromatic rings. The van der Waals surface area contributed by atoms with Gasteiger partial charge in [0, 0.05) is 17.8 Å². The van der Waals surface area contributed by atoms with Gasteiger partial charge in [-0.1, -0.05) is 6.07 Å². The second-order valence-corrected chi connectivity index (χ2v) is 3.10. The van der Waals surface area contributed by atoms with Crippen molar-refractivity contribution in [2.75, 3.05) is 18.5 Å². The maximum absolute atomic E-state index is 13.0. The highest BCUT2D eigenvalue weighted by molar-refractivity contribution is 5.50. The maximum atomic E-state index is 13.0. The zero-order valence-corrected chi connectivity index (χ0v) is 7.93. The summed E-state index contributed by atoms with van der Waals surface area (Å²) >= 11 is 0. The lowest BCUT2D eigenvalue weighted by Crippen LogP contribution is -2.21. The maximum Gasteiger partial charge on any atom is 0.128 e. The zero-order chi connectivity index (χ0) is 10.6. The summed E-state index contributed by atoms with van der Waals surface area (Å²) < 4.78 is 24.9. The van der Waals surface area contributed by atoms with Gasteiger partial charge >= 0.3 is 0 Å². The lowest BCUT2D eigenvalue weighted by atomic mass is 10.2. The highest BCUT2D eigenvalue weighted by Gasteiger charge is 2.05. The fourth-order valence-corrected chi connectivity index (χ4v) is 1.08. The van der Waals surface area contributed by atoms with Crippen molar-refractivity contribution < 1.29 is 13.9 Å². The molecule has 14 heavy (non-hydrogen) atoms. The summed E-state index contributed by atoms with van der Waals surface area (Å²) in [6.07, 6.45) is -1.04. The Bertz CT molecular complexity index is 304. The number of nitrogens with one attached hydrogen (secondary N) is 1. The molecule has 1 aromatic carbocycles. The quantitative estimate of drug-likeness (QED) is 0.779. The largest absolute Gasteiger partial charge is 0.389 e. The van der Waals surface area contributed by atoms with Crippen molar-refractivity contribution in [2.45, 2.75) is 13.0 Å². The summed E-state index contributed by atoms with van der Waals surface area (Å²) in [5.74, 6) is -0.315. The average Bonchev–Trinajstić information content (AvgIpc) is 2.20. The van der Waals surface area contributed by atoms with E-state index < -0.39 is 12.8 Å². The second kappa shape index (κ2) is 4.91. The monoisotopic (exact) mass is 201 g/mol. The van der Waals surface area contributed by atoms with Crippen molar-refractivity contribution in [3.05, 3.63) is 29.6 Å². The number of alkyl halides is 1. The second-order valence-electron chi connectivity index (χ2n) is 3.10. The van der Waals surface area contributed by atoms with Gasteiger partial charge in [-0.2, -0.15) is 0 Å². The number of anilines is 1. The number of aliphatic hydroxyl groups is 1. The van der Waals surface area contributed by atoms with Crippen LogP contribution in [-0.4, -0.2) is 24.4 Å². The molecule has 0 heterocycles. The number of hydrogen-bond donors (Lipinski definition) is 2. The number of rotatable bonds is 4. The molecular weight excluding hydrogens is 188 g/mol. The van der Waals surface area contributed by atoms with Crippen LogP contribution in [0.3, 0.4) is 0 Å². The summed E-state index contributed by atoms with van der Waals surface area (Å²) in [4.78, 5) is 0. The smallest absolute Gasteiger partial charge is 0.128 e. The molecule has 4 heteroatoms. The van der Waals surface area contributed by atoms with Crippen LogP contribution in [0, 0.1) is 12.7 Å². The van der Waals surface area contributed by atoms with Gasteiger partial charge in [0.1, 0.15) is 12.5 Å². The molecule has 0 fully saturated rings. The first kappa shape index (κ1) is 10.9. The first-order chi connectivity index (χ1) is 6.65. The molecule has 0 bridgehead atoms. The lowest BCUT2D eigenvalue weighted by Gasteiger charge is -2.11. The van der Waals surface area contributed by atoms with Gasteiger partial charge < -0.3 is 10.4 Å². The van der Waals surface area contributed by atoms with E-state index in [0.29, 0.717) is 11.3 Å². The van der Waals surface area contributed by atoms with Crippen LogP contribution in [0.4, 0.5) is 14.5 Å². The summed E-state index contributed by atoms with van der Waals surface area (Å²) in [5.41, 5.74) is 1.05. The molecule has 0 aliphatic heterocycles. The Hall–Kier alpha value is -1.16. The number of halogens is 2. The van der Waals surface area contributed by atoms with Gasteiger partial charge in [-0.3, -0.25) is 0 Å². The van der Waals surface area contributed by atoms with Crippen molar-refractivity contribution in [3.63, 3.8) is 0 Å². The Labute approximate surface area is 81.6 Å². The third-order valence-corrected chi connectivity index (χ3v) is 1.97. The average molecular weight is 201 g/mol. The Morgan fingerprint density at radius 1 is 1.50 bits per heavy atom. The summed E-state index contributed by atoms with van der Waals surface area (Å²) in [6.45, 7) is 0.904. The van der Waals surface area contributed by atoms with Gasteiger partial charge in [-0.25, -0.2) is 8.78 Å². The van der Waals surface area contributed by atoms with Crippen molar-refractivity contribution in [3.8, 4) is 0 Å². The minimum Gasteiger partial charge on any atom is -0.389 e. The third-order valence-electron chi connectivity index (χ3n) is 1.97. The Kier molecular flexibility index (Phi) is 3.83. The van der Waals surface area contributed by atoms with Gasteiger partial charge in [-0.15, -0.1) is 0 Å². The molecule has 1 rings (SSSR count). The standard InChI is InChI=1S/C10H13F2NO/c1-7-9(12)3-2-4-10(7)13-6-8(14)5-11/h2-4,8,13-14H,5-6H2,1H3. The number of aliphatic hydroxyl groups excluding tert-OH is 1. The molecule has 0 spiro atoms. The van der Waals surface area contributed by atoms with E-state index in [-0.39, 0.29) is 12.4 Å². The number of benzene rings is 1. The van der Waals surface area contributed by atoms with Gasteiger partial charge in [-0.05, 0) is 19.1 Å². The zero-order valence-electron chi connectivity index (χ0n) is 7.93. The first-order valence-electron chi connectivity index (χ1n) is 4.38. The van der Waals surface area contributed by atoms with Crippen LogP contribution in [0.1, 0.15) is 5.56 Å². The van der Waals surface area contributed by atoms with Gasteiger partial charge in [0.15, 0.2) is 0 Å². The predicted octanol–water partition coefficient (Wildman–Crippen LogP) is 1.88. The molecule has 0 saturated heterocycles.